The highest BCUT2D eigenvalue weighted by atomic mass is 16.3. The zero-order chi connectivity index (χ0) is 40.0. The molecule has 8 aromatic carbocycles. The lowest BCUT2D eigenvalue weighted by molar-refractivity contribution is 0.668. The van der Waals surface area contributed by atoms with Gasteiger partial charge in [0.05, 0.1) is 0 Å². The van der Waals surface area contributed by atoms with Crippen molar-refractivity contribution in [3.8, 4) is 0 Å². The summed E-state index contributed by atoms with van der Waals surface area (Å²) in [7, 11) is 0. The highest BCUT2D eigenvalue weighted by Crippen LogP contribution is 2.45. The van der Waals surface area contributed by atoms with Crippen LogP contribution in [0.5, 0.6) is 0 Å². The minimum atomic E-state index is 0.861. The molecule has 4 heteroatoms. The van der Waals surface area contributed by atoms with Gasteiger partial charge < -0.3 is 18.6 Å². The monoisotopic (exact) mass is 754 g/mol. The van der Waals surface area contributed by atoms with Crippen LogP contribution in [0.2, 0.25) is 0 Å². The first kappa shape index (κ1) is 35.6. The van der Waals surface area contributed by atoms with E-state index in [4.69, 9.17) is 8.83 Å². The molecular formula is C54H46N2O2. The van der Waals surface area contributed by atoms with Gasteiger partial charge >= 0.3 is 0 Å². The molecule has 0 aliphatic rings. The Morgan fingerprint density at radius 2 is 0.603 bits per heavy atom. The van der Waals surface area contributed by atoms with Gasteiger partial charge in [0.2, 0.25) is 0 Å². The van der Waals surface area contributed by atoms with Crippen LogP contribution in [-0.4, -0.2) is 0 Å². The van der Waals surface area contributed by atoms with Gasteiger partial charge in [0.1, 0.15) is 22.3 Å². The van der Waals surface area contributed by atoms with Crippen molar-refractivity contribution in [3.63, 3.8) is 0 Å². The number of hydrogen-bond donors (Lipinski definition) is 0. The maximum atomic E-state index is 6.56. The average Bonchev–Trinajstić information content (AvgIpc) is 3.72. The molecular weight excluding hydrogens is 709 g/mol. The molecule has 0 N–H and O–H groups in total. The van der Waals surface area contributed by atoms with Gasteiger partial charge in [-0.1, -0.05) is 70.8 Å². The van der Waals surface area contributed by atoms with Crippen LogP contribution in [0.1, 0.15) is 44.5 Å². The van der Waals surface area contributed by atoms with E-state index >= 15 is 0 Å². The molecule has 4 nitrogen and oxygen atoms in total. The maximum absolute atomic E-state index is 6.56. The molecule has 284 valence electrons. The van der Waals surface area contributed by atoms with Crippen molar-refractivity contribution < 1.29 is 8.83 Å². The van der Waals surface area contributed by atoms with Gasteiger partial charge in [-0.2, -0.15) is 0 Å². The van der Waals surface area contributed by atoms with Crippen molar-refractivity contribution >= 4 is 88.8 Å². The normalized spacial score (nSPS) is 11.8. The van der Waals surface area contributed by atoms with Gasteiger partial charge in [0.25, 0.3) is 0 Å². The lowest BCUT2D eigenvalue weighted by atomic mass is 10.0. The Morgan fingerprint density at radius 1 is 0.293 bits per heavy atom. The van der Waals surface area contributed by atoms with Crippen molar-refractivity contribution in [1.29, 1.82) is 0 Å². The number of rotatable bonds is 6. The first-order chi connectivity index (χ1) is 28.0. The summed E-state index contributed by atoms with van der Waals surface area (Å²) in [6.45, 7) is 17.4. The zero-order valence-electron chi connectivity index (χ0n) is 34.4. The average molecular weight is 755 g/mol. The third-order valence-corrected chi connectivity index (χ3v) is 11.9. The van der Waals surface area contributed by atoms with Crippen LogP contribution in [0.15, 0.2) is 142 Å². The Kier molecular flexibility index (Phi) is 8.24. The van der Waals surface area contributed by atoms with Gasteiger partial charge in [0.15, 0.2) is 0 Å². The van der Waals surface area contributed by atoms with Crippen molar-refractivity contribution in [3.05, 3.63) is 178 Å². The molecule has 0 fully saturated rings. The zero-order valence-corrected chi connectivity index (χ0v) is 34.4. The number of benzene rings is 8. The van der Waals surface area contributed by atoms with Crippen LogP contribution >= 0.6 is 0 Å². The van der Waals surface area contributed by atoms with E-state index in [1.54, 1.807) is 0 Å². The van der Waals surface area contributed by atoms with Crippen LogP contribution in [0, 0.1) is 55.4 Å². The fourth-order valence-electron chi connectivity index (χ4n) is 9.09. The molecule has 0 amide bonds. The molecule has 0 atom stereocenters. The molecule has 0 aliphatic heterocycles. The third kappa shape index (κ3) is 5.90. The van der Waals surface area contributed by atoms with Crippen LogP contribution in [0.3, 0.4) is 0 Å². The lowest BCUT2D eigenvalue weighted by Gasteiger charge is -2.29. The Labute approximate surface area is 339 Å². The molecule has 0 unspecified atom stereocenters. The predicted molar refractivity (Wildman–Crippen MR) is 246 cm³/mol. The quantitative estimate of drug-likeness (QED) is 0.169. The van der Waals surface area contributed by atoms with E-state index in [9.17, 15) is 0 Å². The van der Waals surface area contributed by atoms with Crippen molar-refractivity contribution in [2.75, 3.05) is 9.80 Å². The summed E-state index contributed by atoms with van der Waals surface area (Å²) < 4.78 is 13.1. The molecule has 2 aromatic heterocycles. The first-order valence-corrected chi connectivity index (χ1v) is 20.1. The number of furan rings is 2. The standard InChI is InChI=1S/C54H46N2O2/c1-31-9-15-47(35(5)21-31)55(48-16-10-32(2)22-36(48)6)41-13-19-51-45(29-41)43-25-39-26-44-46-30-42(14-20-52(46)58-54(44)28-40(39)27-53(43)57-51)56(49-17-11-33(3)23-37(49)7)50-18-12-34(4)24-38(50)8/h9-30H,1-8H3. The summed E-state index contributed by atoms with van der Waals surface area (Å²) in [5.41, 5.74) is 20.2. The number of fused-ring (bicyclic) bond motifs is 7. The topological polar surface area (TPSA) is 32.8 Å². The van der Waals surface area contributed by atoms with Crippen LogP contribution < -0.4 is 9.80 Å². The second-order valence-electron chi connectivity index (χ2n) is 16.4. The Bertz CT molecular complexity index is 2970. The highest BCUT2D eigenvalue weighted by Gasteiger charge is 2.21. The van der Waals surface area contributed by atoms with E-state index in [0.717, 1.165) is 88.8 Å². The Morgan fingerprint density at radius 3 is 0.931 bits per heavy atom. The summed E-state index contributed by atoms with van der Waals surface area (Å²) in [6, 6.07) is 48.9. The van der Waals surface area contributed by atoms with Gasteiger partial charge in [0, 0.05) is 55.7 Å². The minimum absolute atomic E-state index is 0.861. The van der Waals surface area contributed by atoms with E-state index in [2.05, 4.69) is 199 Å². The molecule has 0 saturated carbocycles. The van der Waals surface area contributed by atoms with Crippen molar-refractivity contribution in [1.82, 2.24) is 0 Å². The summed E-state index contributed by atoms with van der Waals surface area (Å²) in [5.74, 6) is 0. The molecule has 0 saturated heterocycles. The maximum Gasteiger partial charge on any atom is 0.136 e. The molecule has 0 spiro atoms. The van der Waals surface area contributed by atoms with E-state index in [1.807, 2.05) is 0 Å². The Hall–Kier alpha value is -6.78. The van der Waals surface area contributed by atoms with Crippen LogP contribution in [0.4, 0.5) is 34.1 Å². The minimum Gasteiger partial charge on any atom is -0.456 e. The highest BCUT2D eigenvalue weighted by molar-refractivity contribution is 6.16. The fourth-order valence-corrected chi connectivity index (χ4v) is 9.09. The first-order valence-electron chi connectivity index (χ1n) is 20.1. The SMILES string of the molecule is Cc1ccc(N(c2ccc3oc4cc5cc6oc7ccc(N(c8ccc(C)cc8C)c8ccc(C)cc8C)cc7c6cc5cc4c3c2)c2ccc(C)cc2C)c(C)c1. The largest absolute Gasteiger partial charge is 0.456 e. The predicted octanol–water partition coefficient (Wildman–Crippen LogP) is 16.0. The van der Waals surface area contributed by atoms with Gasteiger partial charge in [-0.05, 0) is 173 Å². The number of nitrogens with zero attached hydrogens (tertiary/aromatic N) is 2. The molecule has 2 heterocycles. The number of hydrogen-bond acceptors (Lipinski definition) is 4. The van der Waals surface area contributed by atoms with E-state index in [1.165, 1.54) is 44.5 Å². The lowest BCUT2D eigenvalue weighted by Crippen LogP contribution is -2.12. The second kappa shape index (κ2) is 13.4. The van der Waals surface area contributed by atoms with Crippen LogP contribution in [0.25, 0.3) is 54.6 Å². The van der Waals surface area contributed by atoms with Crippen molar-refractivity contribution in [2.45, 2.75) is 55.4 Å². The smallest absolute Gasteiger partial charge is 0.136 e. The molecule has 10 rings (SSSR count). The van der Waals surface area contributed by atoms with Gasteiger partial charge in [-0.15, -0.1) is 0 Å². The molecule has 10 aromatic rings. The second-order valence-corrected chi connectivity index (χ2v) is 16.4. The number of anilines is 6. The van der Waals surface area contributed by atoms with E-state index in [0.29, 0.717) is 0 Å². The third-order valence-electron chi connectivity index (χ3n) is 11.9. The summed E-state index contributed by atoms with van der Waals surface area (Å²) in [6.07, 6.45) is 0. The number of aryl methyl sites for hydroxylation is 8. The van der Waals surface area contributed by atoms with Gasteiger partial charge in [-0.3, -0.25) is 0 Å². The molecule has 0 bridgehead atoms. The van der Waals surface area contributed by atoms with Crippen LogP contribution in [-0.2, 0) is 0 Å². The molecule has 58 heavy (non-hydrogen) atoms. The summed E-state index contributed by atoms with van der Waals surface area (Å²) in [5, 5.41) is 6.58. The summed E-state index contributed by atoms with van der Waals surface area (Å²) >= 11 is 0. The van der Waals surface area contributed by atoms with E-state index in [-0.39, 0.29) is 0 Å². The fraction of sp³-hybridized carbons (Fsp3) is 0.148. The summed E-state index contributed by atoms with van der Waals surface area (Å²) in [4.78, 5) is 4.78. The molecule has 0 aliphatic carbocycles. The van der Waals surface area contributed by atoms with Gasteiger partial charge in [-0.25, -0.2) is 0 Å². The molecule has 0 radical (unpaired) electrons. The Balaban J connectivity index is 1.14. The van der Waals surface area contributed by atoms with E-state index < -0.39 is 0 Å². The van der Waals surface area contributed by atoms with Crippen molar-refractivity contribution in [2.24, 2.45) is 0 Å².